The molecule has 168 valence electrons. The Morgan fingerprint density at radius 3 is 2.81 bits per heavy atom. The molecular formula is C24H26F2N4O2. The maximum absolute atomic E-state index is 14.5. The third-order valence-corrected chi connectivity index (χ3v) is 7.02. The lowest BCUT2D eigenvalue weighted by Crippen LogP contribution is -2.44. The van der Waals surface area contributed by atoms with Gasteiger partial charge in [0.2, 0.25) is 0 Å². The lowest BCUT2D eigenvalue weighted by molar-refractivity contribution is 0.0429. The first-order valence-corrected chi connectivity index (χ1v) is 11.1. The van der Waals surface area contributed by atoms with Crippen LogP contribution in [-0.2, 0) is 0 Å². The van der Waals surface area contributed by atoms with E-state index in [0.717, 1.165) is 43.9 Å². The number of aromatic nitrogens is 2. The van der Waals surface area contributed by atoms with Gasteiger partial charge in [0.05, 0.1) is 29.9 Å². The molecule has 0 bridgehead atoms. The summed E-state index contributed by atoms with van der Waals surface area (Å²) in [5, 5.41) is 16.9. The third kappa shape index (κ3) is 3.62. The number of aliphatic hydroxyl groups is 1. The number of aliphatic hydroxyl groups excluding tert-OH is 1. The number of hydrogen-bond acceptors (Lipinski definition) is 4. The van der Waals surface area contributed by atoms with E-state index in [9.17, 15) is 18.7 Å². The molecular weight excluding hydrogens is 414 g/mol. The molecule has 6 nitrogen and oxygen atoms in total. The number of anilines is 1. The smallest absolute Gasteiger partial charge is 0.255 e. The van der Waals surface area contributed by atoms with Crippen molar-refractivity contribution in [3.05, 3.63) is 65.5 Å². The van der Waals surface area contributed by atoms with Gasteiger partial charge in [0, 0.05) is 36.0 Å². The maximum Gasteiger partial charge on any atom is 0.255 e. The van der Waals surface area contributed by atoms with Crippen LogP contribution in [0.4, 0.5) is 14.5 Å². The quantitative estimate of drug-likeness (QED) is 0.611. The molecule has 32 heavy (non-hydrogen) atoms. The van der Waals surface area contributed by atoms with Gasteiger partial charge >= 0.3 is 0 Å². The Balaban J connectivity index is 1.42. The lowest BCUT2D eigenvalue weighted by atomic mass is 9.69. The number of fused-ring (bicyclic) bond motifs is 1. The van der Waals surface area contributed by atoms with Gasteiger partial charge in [-0.15, -0.1) is 0 Å². The first-order chi connectivity index (χ1) is 15.5. The van der Waals surface area contributed by atoms with Crippen LogP contribution in [0.15, 0.2) is 42.7 Å². The largest absolute Gasteiger partial charge is 0.396 e. The zero-order valence-corrected chi connectivity index (χ0v) is 17.7. The Labute approximate surface area is 184 Å². The number of nitrogens with one attached hydrogen (secondary N) is 1. The van der Waals surface area contributed by atoms with Gasteiger partial charge in [-0.3, -0.25) is 4.79 Å². The van der Waals surface area contributed by atoms with Crippen LogP contribution in [0.1, 0.15) is 54.1 Å². The highest BCUT2D eigenvalue weighted by Gasteiger charge is 2.36. The van der Waals surface area contributed by atoms with Crippen molar-refractivity contribution < 1.29 is 18.7 Å². The Morgan fingerprint density at radius 1 is 1.22 bits per heavy atom. The fraction of sp³-hybridized carbons (Fsp3) is 0.417. The van der Waals surface area contributed by atoms with Gasteiger partial charge in [-0.2, -0.15) is 5.10 Å². The first kappa shape index (κ1) is 20.9. The molecule has 0 radical (unpaired) electrons. The molecule has 3 aromatic rings. The fourth-order valence-electron chi connectivity index (χ4n) is 4.92. The van der Waals surface area contributed by atoms with Crippen molar-refractivity contribution in [3.8, 4) is 0 Å². The van der Waals surface area contributed by atoms with E-state index in [1.807, 2.05) is 12.1 Å². The molecule has 1 aliphatic heterocycles. The molecule has 0 unspecified atom stereocenters. The molecule has 8 heteroatoms. The third-order valence-electron chi connectivity index (χ3n) is 7.02. The SMILES string of the molecule is O=C(NCC1(CO)CCC1)c1cnn2ccc(N3CCC[C@@H]3c3cc(F)ccc3F)cc12. The molecule has 2 N–H and O–H groups in total. The predicted molar refractivity (Wildman–Crippen MR) is 117 cm³/mol. The van der Waals surface area contributed by atoms with Gasteiger partial charge in [0.1, 0.15) is 11.6 Å². The molecule has 3 heterocycles. The van der Waals surface area contributed by atoms with Gasteiger partial charge in [0.15, 0.2) is 0 Å². The molecule has 0 spiro atoms. The van der Waals surface area contributed by atoms with Gasteiger partial charge in [-0.25, -0.2) is 13.3 Å². The standard InChI is InChI=1S/C24H26F2N4O2/c25-16-4-5-20(26)18(11-16)21-3-1-9-29(21)17-6-10-30-22(12-17)19(13-28-30)23(32)27-14-24(15-31)7-2-8-24/h4-6,10-13,21,31H,1-3,7-9,14-15H2,(H,27,32)/t21-/m1/s1. The van der Waals surface area contributed by atoms with Gasteiger partial charge < -0.3 is 15.3 Å². The van der Waals surface area contributed by atoms with Crippen LogP contribution in [0.5, 0.6) is 0 Å². The van der Waals surface area contributed by atoms with Gasteiger partial charge in [0.25, 0.3) is 5.91 Å². The van der Waals surface area contributed by atoms with Crippen LogP contribution in [0.25, 0.3) is 5.52 Å². The van der Waals surface area contributed by atoms with Gasteiger partial charge in [-0.1, -0.05) is 6.42 Å². The van der Waals surface area contributed by atoms with E-state index in [4.69, 9.17) is 0 Å². The predicted octanol–water partition coefficient (Wildman–Crippen LogP) is 3.85. The van der Waals surface area contributed by atoms with E-state index >= 15 is 0 Å². The van der Waals surface area contributed by atoms with Gasteiger partial charge in [-0.05, 0) is 56.0 Å². The average molecular weight is 440 g/mol. The number of carbonyl (C=O) groups is 1. The summed E-state index contributed by atoms with van der Waals surface area (Å²) in [6, 6.07) is 7.06. The van der Waals surface area contributed by atoms with Crippen LogP contribution in [0, 0.1) is 17.0 Å². The van der Waals surface area contributed by atoms with E-state index in [0.29, 0.717) is 29.7 Å². The fourth-order valence-corrected chi connectivity index (χ4v) is 4.92. The molecule has 1 aromatic carbocycles. The number of hydrogen-bond donors (Lipinski definition) is 2. The van der Waals surface area contributed by atoms with Crippen molar-refractivity contribution in [1.82, 2.24) is 14.9 Å². The molecule has 2 aliphatic rings. The minimum atomic E-state index is -0.453. The minimum absolute atomic E-state index is 0.0686. The normalized spacial score (nSPS) is 19.8. The zero-order valence-electron chi connectivity index (χ0n) is 17.7. The Bertz CT molecular complexity index is 1150. The Hall–Kier alpha value is -3.00. The average Bonchev–Trinajstić information content (AvgIpc) is 3.41. The second-order valence-electron chi connectivity index (χ2n) is 8.98. The number of amides is 1. The van der Waals surface area contributed by atoms with E-state index in [-0.39, 0.29) is 24.0 Å². The number of benzene rings is 1. The Morgan fingerprint density at radius 2 is 2.06 bits per heavy atom. The second-order valence-corrected chi connectivity index (χ2v) is 8.98. The number of pyridine rings is 1. The van der Waals surface area contributed by atoms with Crippen LogP contribution >= 0.6 is 0 Å². The molecule has 1 saturated carbocycles. The topological polar surface area (TPSA) is 69.9 Å². The summed E-state index contributed by atoms with van der Waals surface area (Å²) in [4.78, 5) is 14.9. The molecule has 1 amide bonds. The number of rotatable bonds is 6. The maximum atomic E-state index is 14.5. The summed E-state index contributed by atoms with van der Waals surface area (Å²) in [6.07, 6.45) is 7.79. The van der Waals surface area contributed by atoms with Crippen molar-refractivity contribution in [3.63, 3.8) is 0 Å². The second kappa shape index (κ2) is 8.16. The van der Waals surface area contributed by atoms with Crippen LogP contribution in [0.2, 0.25) is 0 Å². The number of halogens is 2. The summed E-state index contributed by atoms with van der Waals surface area (Å²) in [5.41, 5.74) is 2.08. The summed E-state index contributed by atoms with van der Waals surface area (Å²) in [5.74, 6) is -1.10. The van der Waals surface area contributed by atoms with Crippen molar-refractivity contribution >= 4 is 17.1 Å². The number of nitrogens with zero attached hydrogens (tertiary/aromatic N) is 3. The Kier molecular flexibility index (Phi) is 5.33. The van der Waals surface area contributed by atoms with Crippen molar-refractivity contribution in [2.24, 2.45) is 5.41 Å². The highest BCUT2D eigenvalue weighted by Crippen LogP contribution is 2.40. The van der Waals surface area contributed by atoms with E-state index in [2.05, 4.69) is 15.3 Å². The highest BCUT2D eigenvalue weighted by atomic mass is 19.1. The molecule has 1 saturated heterocycles. The van der Waals surface area contributed by atoms with E-state index < -0.39 is 11.6 Å². The van der Waals surface area contributed by atoms with Crippen molar-refractivity contribution in [1.29, 1.82) is 0 Å². The van der Waals surface area contributed by atoms with Crippen LogP contribution in [-0.4, -0.2) is 40.3 Å². The van der Waals surface area contributed by atoms with E-state index in [1.165, 1.54) is 18.3 Å². The highest BCUT2D eigenvalue weighted by molar-refractivity contribution is 6.01. The number of carbonyl (C=O) groups excluding carboxylic acids is 1. The molecule has 1 atom stereocenters. The molecule has 1 aliphatic carbocycles. The van der Waals surface area contributed by atoms with Crippen LogP contribution in [0.3, 0.4) is 0 Å². The molecule has 2 aromatic heterocycles. The lowest BCUT2D eigenvalue weighted by Gasteiger charge is -2.40. The zero-order chi connectivity index (χ0) is 22.3. The molecule has 5 rings (SSSR count). The summed E-state index contributed by atoms with van der Waals surface area (Å²) >= 11 is 0. The summed E-state index contributed by atoms with van der Waals surface area (Å²) in [6.45, 7) is 1.22. The molecule has 2 fully saturated rings. The van der Waals surface area contributed by atoms with Crippen LogP contribution < -0.4 is 10.2 Å². The van der Waals surface area contributed by atoms with Crippen molar-refractivity contribution in [2.75, 3.05) is 24.6 Å². The summed E-state index contributed by atoms with van der Waals surface area (Å²) in [7, 11) is 0. The summed E-state index contributed by atoms with van der Waals surface area (Å²) < 4.78 is 29.9. The monoisotopic (exact) mass is 440 g/mol. The van der Waals surface area contributed by atoms with E-state index in [1.54, 1.807) is 10.7 Å². The minimum Gasteiger partial charge on any atom is -0.396 e. The first-order valence-electron chi connectivity index (χ1n) is 11.1. The van der Waals surface area contributed by atoms with Crippen molar-refractivity contribution in [2.45, 2.75) is 38.1 Å².